The summed E-state index contributed by atoms with van der Waals surface area (Å²) in [4.78, 5) is 0.671. The Morgan fingerprint density at radius 3 is 1.06 bits per heavy atom. The van der Waals surface area contributed by atoms with Gasteiger partial charge < -0.3 is 0 Å². The van der Waals surface area contributed by atoms with Gasteiger partial charge >= 0.3 is 0 Å². The summed E-state index contributed by atoms with van der Waals surface area (Å²) in [7, 11) is 2.05. The smallest absolute Gasteiger partial charge is 0.127 e. The fourth-order valence-corrected chi connectivity index (χ4v) is 3.24. The van der Waals surface area contributed by atoms with Crippen molar-refractivity contribution in [2.45, 2.75) is 9.79 Å². The van der Waals surface area contributed by atoms with Gasteiger partial charge in [0.25, 0.3) is 0 Å². The lowest BCUT2D eigenvalue weighted by molar-refractivity contribution is 0.576. The van der Waals surface area contributed by atoms with E-state index in [0.29, 0.717) is 9.79 Å². The van der Waals surface area contributed by atoms with Crippen LogP contribution in [-0.2, 0) is 0 Å². The van der Waals surface area contributed by atoms with E-state index < -0.39 is 23.3 Å². The number of hydrogen-bond donors (Lipinski definition) is 0. The Balaban J connectivity index is 2.11. The second-order valence-corrected chi connectivity index (χ2v) is 5.65. The largest absolute Gasteiger partial charge is 0.207 e. The average molecular weight is 290 g/mol. The van der Waals surface area contributed by atoms with Crippen LogP contribution in [0.2, 0.25) is 0 Å². The zero-order valence-corrected chi connectivity index (χ0v) is 10.4. The molecule has 2 aromatic carbocycles. The van der Waals surface area contributed by atoms with Gasteiger partial charge in [-0.3, -0.25) is 0 Å². The molecular weight excluding hydrogens is 284 g/mol. The maximum atomic E-state index is 12.9. The predicted octanol–water partition coefficient (Wildman–Crippen LogP) is 5.04. The molecule has 0 fully saturated rings. The Hall–Kier alpha value is -1.14. The lowest BCUT2D eigenvalue weighted by Gasteiger charge is -2.02. The van der Waals surface area contributed by atoms with Gasteiger partial charge in [0.05, 0.1) is 0 Å². The standard InChI is InChI=1S/C12H6F4S2/c13-7-1-8(14)4-11(3-7)17-18-12-5-9(15)2-10(16)6-12/h1-6H. The van der Waals surface area contributed by atoms with Gasteiger partial charge in [-0.25, -0.2) is 17.6 Å². The van der Waals surface area contributed by atoms with Crippen LogP contribution in [0.4, 0.5) is 17.6 Å². The second kappa shape index (κ2) is 5.67. The van der Waals surface area contributed by atoms with Crippen LogP contribution in [0.15, 0.2) is 46.2 Å². The first kappa shape index (κ1) is 13.3. The summed E-state index contributed by atoms with van der Waals surface area (Å²) in [5.41, 5.74) is 0. The van der Waals surface area contributed by atoms with Gasteiger partial charge in [0.15, 0.2) is 0 Å². The molecular formula is C12H6F4S2. The third-order valence-corrected chi connectivity index (χ3v) is 4.25. The highest BCUT2D eigenvalue weighted by Gasteiger charge is 2.05. The molecule has 0 heterocycles. The van der Waals surface area contributed by atoms with Crippen LogP contribution in [0.25, 0.3) is 0 Å². The van der Waals surface area contributed by atoms with Crippen molar-refractivity contribution in [3.05, 3.63) is 59.7 Å². The monoisotopic (exact) mass is 290 g/mol. The molecule has 2 aromatic rings. The molecule has 0 bridgehead atoms. The van der Waals surface area contributed by atoms with Crippen LogP contribution in [0.5, 0.6) is 0 Å². The third kappa shape index (κ3) is 3.68. The molecule has 0 aliphatic carbocycles. The lowest BCUT2D eigenvalue weighted by Crippen LogP contribution is -1.81. The van der Waals surface area contributed by atoms with Crippen LogP contribution in [0, 0.1) is 23.3 Å². The summed E-state index contributed by atoms with van der Waals surface area (Å²) in [6, 6.07) is 6.12. The van der Waals surface area contributed by atoms with Crippen molar-refractivity contribution in [1.29, 1.82) is 0 Å². The fraction of sp³-hybridized carbons (Fsp3) is 0. The van der Waals surface area contributed by atoms with Crippen molar-refractivity contribution in [2.75, 3.05) is 0 Å². The van der Waals surface area contributed by atoms with E-state index in [1.807, 2.05) is 0 Å². The molecule has 0 nitrogen and oxygen atoms in total. The molecule has 94 valence electrons. The molecule has 0 amide bonds. The van der Waals surface area contributed by atoms with Crippen LogP contribution in [0.1, 0.15) is 0 Å². The lowest BCUT2D eigenvalue weighted by atomic mass is 10.3. The summed E-state index contributed by atoms with van der Waals surface area (Å²) in [6.07, 6.45) is 0. The van der Waals surface area contributed by atoms with E-state index in [9.17, 15) is 17.6 Å². The van der Waals surface area contributed by atoms with Crippen molar-refractivity contribution in [3.8, 4) is 0 Å². The van der Waals surface area contributed by atoms with E-state index in [4.69, 9.17) is 0 Å². The fourth-order valence-electron chi connectivity index (χ4n) is 1.25. The van der Waals surface area contributed by atoms with Gasteiger partial charge in [-0.05, 0) is 24.3 Å². The molecule has 0 aliphatic rings. The Labute approximate surface area is 109 Å². The summed E-state index contributed by atoms with van der Waals surface area (Å²) in [5, 5.41) is 0. The molecule has 0 N–H and O–H groups in total. The molecule has 0 unspecified atom stereocenters. The summed E-state index contributed by atoms with van der Waals surface area (Å²) >= 11 is 0. The van der Waals surface area contributed by atoms with Gasteiger partial charge in [0, 0.05) is 21.9 Å². The maximum Gasteiger partial charge on any atom is 0.127 e. The molecule has 0 aromatic heterocycles. The third-order valence-electron chi connectivity index (χ3n) is 1.91. The number of benzene rings is 2. The van der Waals surface area contributed by atoms with E-state index in [1.54, 1.807) is 0 Å². The first-order chi connectivity index (χ1) is 8.52. The number of rotatable bonds is 3. The highest BCUT2D eigenvalue weighted by Crippen LogP contribution is 2.38. The first-order valence-corrected chi connectivity index (χ1v) is 6.94. The quantitative estimate of drug-likeness (QED) is 0.573. The van der Waals surface area contributed by atoms with Crippen molar-refractivity contribution >= 4 is 21.6 Å². The van der Waals surface area contributed by atoms with E-state index >= 15 is 0 Å². The zero-order chi connectivity index (χ0) is 13.1. The number of hydrogen-bond acceptors (Lipinski definition) is 2. The van der Waals surface area contributed by atoms with Gasteiger partial charge in [0.1, 0.15) is 23.3 Å². The molecule has 0 spiro atoms. The second-order valence-electron chi connectivity index (χ2n) is 3.38. The van der Waals surface area contributed by atoms with E-state index in [-0.39, 0.29) is 0 Å². The Bertz CT molecular complexity index is 480. The molecule has 0 radical (unpaired) electrons. The normalized spacial score (nSPS) is 10.7. The van der Waals surface area contributed by atoms with Crippen LogP contribution >= 0.6 is 21.6 Å². The van der Waals surface area contributed by atoms with E-state index in [1.165, 1.54) is 0 Å². The van der Waals surface area contributed by atoms with Crippen molar-refractivity contribution < 1.29 is 17.6 Å². The van der Waals surface area contributed by atoms with Gasteiger partial charge in [0.2, 0.25) is 0 Å². The van der Waals surface area contributed by atoms with Crippen LogP contribution in [0.3, 0.4) is 0 Å². The molecule has 18 heavy (non-hydrogen) atoms. The zero-order valence-electron chi connectivity index (χ0n) is 8.79. The first-order valence-electron chi connectivity index (χ1n) is 4.79. The topological polar surface area (TPSA) is 0 Å². The van der Waals surface area contributed by atoms with Gasteiger partial charge in [-0.1, -0.05) is 21.6 Å². The molecule has 6 heteroatoms. The number of halogens is 4. The average Bonchev–Trinajstić information content (AvgIpc) is 2.23. The molecule has 0 aliphatic heterocycles. The predicted molar refractivity (Wildman–Crippen MR) is 64.4 cm³/mol. The Kier molecular flexibility index (Phi) is 4.19. The minimum absolute atomic E-state index is 0.335. The molecule has 0 saturated carbocycles. The molecule has 0 atom stereocenters. The summed E-state index contributed by atoms with van der Waals surface area (Å²) in [6.45, 7) is 0. The Morgan fingerprint density at radius 1 is 0.500 bits per heavy atom. The highest BCUT2D eigenvalue weighted by atomic mass is 33.1. The highest BCUT2D eigenvalue weighted by molar-refractivity contribution is 8.76. The SMILES string of the molecule is Fc1cc(F)cc(SSc2cc(F)cc(F)c2)c1. The summed E-state index contributed by atoms with van der Waals surface area (Å²) in [5.74, 6) is -2.76. The van der Waals surface area contributed by atoms with Crippen LogP contribution in [-0.4, -0.2) is 0 Å². The van der Waals surface area contributed by atoms with Gasteiger partial charge in [-0.2, -0.15) is 0 Å². The van der Waals surface area contributed by atoms with Gasteiger partial charge in [-0.15, -0.1) is 0 Å². The minimum atomic E-state index is -0.691. The van der Waals surface area contributed by atoms with Crippen LogP contribution < -0.4 is 0 Å². The van der Waals surface area contributed by atoms with E-state index in [2.05, 4.69) is 0 Å². The minimum Gasteiger partial charge on any atom is -0.207 e. The van der Waals surface area contributed by atoms with Crippen molar-refractivity contribution in [1.82, 2.24) is 0 Å². The summed E-state index contributed by atoms with van der Waals surface area (Å²) < 4.78 is 51.6. The molecule has 0 saturated heterocycles. The van der Waals surface area contributed by atoms with Crippen molar-refractivity contribution in [3.63, 3.8) is 0 Å². The van der Waals surface area contributed by atoms with Crippen molar-refractivity contribution in [2.24, 2.45) is 0 Å². The van der Waals surface area contributed by atoms with E-state index in [0.717, 1.165) is 58.0 Å². The Morgan fingerprint density at radius 2 is 0.778 bits per heavy atom. The molecule has 2 rings (SSSR count). The maximum absolute atomic E-state index is 12.9.